The molecule has 0 N–H and O–H groups in total. The first-order chi connectivity index (χ1) is 8.79. The molecule has 2 rings (SSSR count). The molecule has 0 radical (unpaired) electrons. The number of rotatable bonds is 5. The van der Waals surface area contributed by atoms with Crippen molar-refractivity contribution in [3.05, 3.63) is 52.8 Å². The van der Waals surface area contributed by atoms with E-state index in [1.54, 1.807) is 13.3 Å². The Labute approximate surface area is 115 Å². The molecule has 0 atom stereocenters. The summed E-state index contributed by atoms with van der Waals surface area (Å²) in [6, 6.07) is 11.7. The highest BCUT2D eigenvalue weighted by Gasteiger charge is 2.01. The van der Waals surface area contributed by atoms with Crippen LogP contribution in [0, 0.1) is 0 Å². The lowest BCUT2D eigenvalue weighted by Crippen LogP contribution is -2.02. The first-order valence-electron chi connectivity index (χ1n) is 5.66. The smallest absolute Gasteiger partial charge is 0.152 e. The summed E-state index contributed by atoms with van der Waals surface area (Å²) in [5.41, 5.74) is 1.22. The van der Waals surface area contributed by atoms with Gasteiger partial charge in [0.15, 0.2) is 5.75 Å². The average molecular weight is 308 g/mol. The van der Waals surface area contributed by atoms with Crippen LogP contribution in [-0.2, 0) is 6.42 Å². The molecule has 4 heteroatoms. The van der Waals surface area contributed by atoms with E-state index in [9.17, 15) is 0 Å². The molecule has 2 aromatic rings. The maximum absolute atomic E-state index is 5.66. The maximum atomic E-state index is 5.66. The number of nitrogens with zero attached hydrogens (tertiary/aromatic N) is 1. The van der Waals surface area contributed by atoms with Gasteiger partial charge >= 0.3 is 0 Å². The van der Waals surface area contributed by atoms with Crippen LogP contribution in [0.15, 0.2) is 47.2 Å². The quantitative estimate of drug-likeness (QED) is 0.793. The Balaban J connectivity index is 1.86. The molecule has 94 valence electrons. The van der Waals surface area contributed by atoms with Crippen LogP contribution in [0.3, 0.4) is 0 Å². The molecule has 1 aromatic heterocycles. The number of halogens is 1. The summed E-state index contributed by atoms with van der Waals surface area (Å²) >= 11 is 3.35. The predicted octanol–water partition coefficient (Wildman–Crippen LogP) is 3.47. The third-order valence-electron chi connectivity index (χ3n) is 2.53. The Hall–Kier alpha value is -1.55. The van der Waals surface area contributed by atoms with E-state index in [-0.39, 0.29) is 0 Å². The second-order valence-electron chi connectivity index (χ2n) is 3.74. The third kappa shape index (κ3) is 3.47. The molecule has 0 amide bonds. The fraction of sp³-hybridized carbons (Fsp3) is 0.214. The SMILES string of the molecule is COc1ccc(CCOc2cccnc2Br)cc1. The summed E-state index contributed by atoms with van der Waals surface area (Å²) in [6.07, 6.45) is 2.58. The lowest BCUT2D eigenvalue weighted by Gasteiger charge is -2.07. The monoisotopic (exact) mass is 307 g/mol. The molecule has 18 heavy (non-hydrogen) atoms. The third-order valence-corrected chi connectivity index (χ3v) is 3.13. The van der Waals surface area contributed by atoms with Crippen LogP contribution in [0.2, 0.25) is 0 Å². The summed E-state index contributed by atoms with van der Waals surface area (Å²) < 4.78 is 11.5. The molecular weight excluding hydrogens is 294 g/mol. The standard InChI is InChI=1S/C14H14BrNO2/c1-17-12-6-4-11(5-7-12)8-10-18-13-3-2-9-16-14(13)15/h2-7,9H,8,10H2,1H3. The van der Waals surface area contributed by atoms with Crippen molar-refractivity contribution in [3.8, 4) is 11.5 Å². The van der Waals surface area contributed by atoms with Crippen molar-refractivity contribution in [2.45, 2.75) is 6.42 Å². The van der Waals surface area contributed by atoms with E-state index >= 15 is 0 Å². The number of pyridine rings is 1. The van der Waals surface area contributed by atoms with Crippen LogP contribution in [0.1, 0.15) is 5.56 Å². The van der Waals surface area contributed by atoms with E-state index < -0.39 is 0 Å². The molecule has 1 aromatic carbocycles. The van der Waals surface area contributed by atoms with E-state index in [0.717, 1.165) is 22.5 Å². The van der Waals surface area contributed by atoms with Crippen LogP contribution < -0.4 is 9.47 Å². The second-order valence-corrected chi connectivity index (χ2v) is 4.49. The molecule has 0 spiro atoms. The van der Waals surface area contributed by atoms with Crippen LogP contribution >= 0.6 is 15.9 Å². The minimum absolute atomic E-state index is 0.622. The van der Waals surface area contributed by atoms with Gasteiger partial charge in [0.25, 0.3) is 0 Å². The molecule has 0 saturated carbocycles. The highest BCUT2D eigenvalue weighted by atomic mass is 79.9. The number of benzene rings is 1. The molecule has 0 saturated heterocycles. The maximum Gasteiger partial charge on any atom is 0.152 e. The van der Waals surface area contributed by atoms with Crippen LogP contribution in [0.25, 0.3) is 0 Å². The Bertz CT molecular complexity index is 499. The molecule has 3 nitrogen and oxygen atoms in total. The molecule has 0 fully saturated rings. The summed E-state index contributed by atoms with van der Waals surface area (Å²) in [5, 5.41) is 0. The van der Waals surface area contributed by atoms with E-state index in [0.29, 0.717) is 6.61 Å². The summed E-state index contributed by atoms with van der Waals surface area (Å²) in [7, 11) is 1.66. The lowest BCUT2D eigenvalue weighted by atomic mass is 10.1. The summed E-state index contributed by atoms with van der Waals surface area (Å²) in [6.45, 7) is 0.622. The summed E-state index contributed by atoms with van der Waals surface area (Å²) in [5.74, 6) is 1.64. The van der Waals surface area contributed by atoms with Crippen molar-refractivity contribution >= 4 is 15.9 Å². The fourth-order valence-corrected chi connectivity index (χ4v) is 1.91. The molecule has 0 aliphatic rings. The number of hydrogen-bond acceptors (Lipinski definition) is 3. The highest BCUT2D eigenvalue weighted by Crippen LogP contribution is 2.21. The first kappa shape index (κ1) is 12.9. The summed E-state index contributed by atoms with van der Waals surface area (Å²) in [4.78, 5) is 4.10. The van der Waals surface area contributed by atoms with Crippen LogP contribution in [0.4, 0.5) is 0 Å². The first-order valence-corrected chi connectivity index (χ1v) is 6.45. The van der Waals surface area contributed by atoms with E-state index in [4.69, 9.17) is 9.47 Å². The lowest BCUT2D eigenvalue weighted by molar-refractivity contribution is 0.318. The van der Waals surface area contributed by atoms with Gasteiger partial charge in [0.1, 0.15) is 10.4 Å². The average Bonchev–Trinajstić information content (AvgIpc) is 2.42. The fourth-order valence-electron chi connectivity index (χ4n) is 1.55. The zero-order chi connectivity index (χ0) is 12.8. The van der Waals surface area contributed by atoms with Gasteiger partial charge in [0.2, 0.25) is 0 Å². The van der Waals surface area contributed by atoms with Crippen molar-refractivity contribution in [2.75, 3.05) is 13.7 Å². The van der Waals surface area contributed by atoms with Gasteiger partial charge in [-0.2, -0.15) is 0 Å². The Kier molecular flexibility index (Phi) is 4.59. The van der Waals surface area contributed by atoms with Crippen LogP contribution in [-0.4, -0.2) is 18.7 Å². The Morgan fingerprint density at radius 2 is 1.94 bits per heavy atom. The molecule has 0 aliphatic heterocycles. The van der Waals surface area contributed by atoms with E-state index in [1.165, 1.54) is 5.56 Å². The van der Waals surface area contributed by atoms with Gasteiger partial charge in [-0.05, 0) is 45.8 Å². The largest absolute Gasteiger partial charge is 0.497 e. The second kappa shape index (κ2) is 6.40. The van der Waals surface area contributed by atoms with Gasteiger partial charge in [-0.1, -0.05) is 12.1 Å². The molecule has 0 bridgehead atoms. The molecular formula is C14H14BrNO2. The van der Waals surface area contributed by atoms with Crippen molar-refractivity contribution in [1.82, 2.24) is 4.98 Å². The normalized spacial score (nSPS) is 10.1. The van der Waals surface area contributed by atoms with Crippen molar-refractivity contribution < 1.29 is 9.47 Å². The van der Waals surface area contributed by atoms with E-state index in [2.05, 4.69) is 20.9 Å². The van der Waals surface area contributed by atoms with Gasteiger partial charge in [-0.25, -0.2) is 4.98 Å². The predicted molar refractivity (Wildman–Crippen MR) is 74.1 cm³/mol. The number of ether oxygens (including phenoxy) is 2. The van der Waals surface area contributed by atoms with E-state index in [1.807, 2.05) is 36.4 Å². The number of aromatic nitrogens is 1. The Morgan fingerprint density at radius 3 is 2.61 bits per heavy atom. The number of hydrogen-bond donors (Lipinski definition) is 0. The van der Waals surface area contributed by atoms with Gasteiger partial charge in [0.05, 0.1) is 13.7 Å². The minimum Gasteiger partial charge on any atom is -0.497 e. The molecule has 0 unspecified atom stereocenters. The minimum atomic E-state index is 0.622. The van der Waals surface area contributed by atoms with Crippen molar-refractivity contribution in [2.24, 2.45) is 0 Å². The zero-order valence-corrected chi connectivity index (χ0v) is 11.7. The Morgan fingerprint density at radius 1 is 1.17 bits per heavy atom. The number of methoxy groups -OCH3 is 1. The van der Waals surface area contributed by atoms with Crippen molar-refractivity contribution in [1.29, 1.82) is 0 Å². The highest BCUT2D eigenvalue weighted by molar-refractivity contribution is 9.10. The van der Waals surface area contributed by atoms with Gasteiger partial charge < -0.3 is 9.47 Å². The molecule has 0 aliphatic carbocycles. The van der Waals surface area contributed by atoms with Gasteiger partial charge in [0, 0.05) is 12.6 Å². The van der Waals surface area contributed by atoms with Gasteiger partial charge in [-0.15, -0.1) is 0 Å². The van der Waals surface area contributed by atoms with Gasteiger partial charge in [-0.3, -0.25) is 0 Å². The molecule has 1 heterocycles. The zero-order valence-electron chi connectivity index (χ0n) is 10.1. The van der Waals surface area contributed by atoms with Crippen molar-refractivity contribution in [3.63, 3.8) is 0 Å². The van der Waals surface area contributed by atoms with Crippen LogP contribution in [0.5, 0.6) is 11.5 Å². The topological polar surface area (TPSA) is 31.4 Å².